The summed E-state index contributed by atoms with van der Waals surface area (Å²) in [7, 11) is 0. The quantitative estimate of drug-likeness (QED) is 0.132. The van der Waals surface area contributed by atoms with Gasteiger partial charge in [-0.25, -0.2) is 0 Å². The number of Topliss-reactive ketones (excluding diaryl/α,β-unsaturated/α-hetero) is 1. The summed E-state index contributed by atoms with van der Waals surface area (Å²) >= 11 is 0. The molecule has 0 saturated carbocycles. The number of carbonyl (C=O) groups excluding carboxylic acids is 1. The lowest BCUT2D eigenvalue weighted by atomic mass is 10.0. The highest BCUT2D eigenvalue weighted by Crippen LogP contribution is 2.14. The normalized spacial score (nSPS) is 11.5. The number of hydrogen-bond donors (Lipinski definition) is 2. The van der Waals surface area contributed by atoms with Crippen LogP contribution in [0.4, 0.5) is 0 Å². The van der Waals surface area contributed by atoms with Gasteiger partial charge in [0.1, 0.15) is 0 Å². The van der Waals surface area contributed by atoms with Gasteiger partial charge in [0.25, 0.3) is 0 Å². The number of aromatic amines is 1. The first-order valence-electron chi connectivity index (χ1n) is 12.2. The Kier molecular flexibility index (Phi) is 16.5. The summed E-state index contributed by atoms with van der Waals surface area (Å²) in [6.07, 6.45) is 26.2. The van der Waals surface area contributed by atoms with Crippen LogP contribution in [0.3, 0.4) is 0 Å². The second kappa shape index (κ2) is 18.7. The van der Waals surface area contributed by atoms with Crippen molar-refractivity contribution >= 4 is 5.78 Å². The molecule has 1 aromatic rings. The van der Waals surface area contributed by atoms with Gasteiger partial charge in [-0.05, 0) is 44.2 Å². The predicted molar refractivity (Wildman–Crippen MR) is 124 cm³/mol. The van der Waals surface area contributed by atoms with Crippen molar-refractivity contribution in [3.8, 4) is 0 Å². The molecule has 0 aliphatic rings. The minimum atomic E-state index is -0.0382. The van der Waals surface area contributed by atoms with Gasteiger partial charge in [0.15, 0.2) is 5.78 Å². The molecule has 166 valence electrons. The molecule has 0 unspecified atom stereocenters. The molecule has 1 aromatic heterocycles. The van der Waals surface area contributed by atoms with Crippen LogP contribution in [0, 0.1) is 0 Å². The van der Waals surface area contributed by atoms with Crippen molar-refractivity contribution in [2.75, 3.05) is 0 Å². The molecule has 29 heavy (non-hydrogen) atoms. The Morgan fingerprint density at radius 3 is 1.83 bits per heavy atom. The number of aliphatic hydroxyl groups is 1. The zero-order valence-electron chi connectivity index (χ0n) is 18.9. The van der Waals surface area contributed by atoms with Crippen molar-refractivity contribution in [3.05, 3.63) is 35.7 Å². The molecule has 1 heterocycles. The molecule has 0 atom stereocenters. The number of nitrogens with one attached hydrogen (secondary N) is 1. The van der Waals surface area contributed by atoms with Crippen molar-refractivity contribution in [1.29, 1.82) is 0 Å². The Morgan fingerprint density at radius 1 is 0.793 bits per heavy atom. The Balaban J connectivity index is 1.80. The van der Waals surface area contributed by atoms with Crippen molar-refractivity contribution in [2.24, 2.45) is 0 Å². The molecule has 0 amide bonds. The van der Waals surface area contributed by atoms with E-state index in [0.29, 0.717) is 17.8 Å². The lowest BCUT2D eigenvalue weighted by Crippen LogP contribution is -1.99. The van der Waals surface area contributed by atoms with Crippen LogP contribution in [0.5, 0.6) is 0 Å². The van der Waals surface area contributed by atoms with E-state index < -0.39 is 0 Å². The van der Waals surface area contributed by atoms with E-state index in [1.807, 2.05) is 0 Å². The summed E-state index contributed by atoms with van der Waals surface area (Å²) in [6.45, 7) is 2.23. The smallest absolute Gasteiger partial charge is 0.179 e. The van der Waals surface area contributed by atoms with Gasteiger partial charge in [-0.2, -0.15) is 0 Å². The van der Waals surface area contributed by atoms with Gasteiger partial charge < -0.3 is 10.1 Å². The monoisotopic (exact) mass is 403 g/mol. The van der Waals surface area contributed by atoms with Crippen LogP contribution in [0.1, 0.15) is 132 Å². The van der Waals surface area contributed by atoms with E-state index in [1.54, 1.807) is 12.1 Å². The summed E-state index contributed by atoms with van der Waals surface area (Å²) in [5.41, 5.74) is 1.35. The predicted octanol–water partition coefficient (Wildman–Crippen LogP) is 7.90. The van der Waals surface area contributed by atoms with Gasteiger partial charge >= 0.3 is 0 Å². The van der Waals surface area contributed by atoms with Crippen molar-refractivity contribution in [2.45, 2.75) is 123 Å². The summed E-state index contributed by atoms with van der Waals surface area (Å²) in [4.78, 5) is 15.0. The minimum Gasteiger partial charge on any atom is -0.390 e. The van der Waals surface area contributed by atoms with E-state index in [4.69, 9.17) is 5.11 Å². The van der Waals surface area contributed by atoms with Crippen LogP contribution in [0.15, 0.2) is 24.3 Å². The number of allylic oxidation sites excluding steroid dienone is 2. The largest absolute Gasteiger partial charge is 0.390 e. The van der Waals surface area contributed by atoms with Crippen LogP contribution >= 0.6 is 0 Å². The van der Waals surface area contributed by atoms with Gasteiger partial charge in [0.05, 0.1) is 12.3 Å². The average Bonchev–Trinajstić information content (AvgIpc) is 3.22. The molecule has 3 heteroatoms. The maximum Gasteiger partial charge on any atom is 0.179 e. The van der Waals surface area contributed by atoms with E-state index in [-0.39, 0.29) is 12.4 Å². The minimum absolute atomic E-state index is 0.0382. The van der Waals surface area contributed by atoms with E-state index in [0.717, 1.165) is 12.8 Å². The van der Waals surface area contributed by atoms with E-state index >= 15 is 0 Å². The van der Waals surface area contributed by atoms with Crippen molar-refractivity contribution in [1.82, 2.24) is 4.98 Å². The molecule has 0 radical (unpaired) electrons. The summed E-state index contributed by atoms with van der Waals surface area (Å²) < 4.78 is 0. The molecule has 3 nitrogen and oxygen atoms in total. The molecular formula is C26H45NO2. The molecule has 0 fully saturated rings. The molecule has 0 aliphatic carbocycles. The number of ketones is 1. The molecule has 0 bridgehead atoms. The second-order valence-corrected chi connectivity index (χ2v) is 8.37. The number of unbranched alkanes of at least 4 members (excludes halogenated alkanes) is 14. The average molecular weight is 404 g/mol. The maximum absolute atomic E-state index is 12.0. The van der Waals surface area contributed by atoms with Crippen molar-refractivity contribution in [3.63, 3.8) is 0 Å². The summed E-state index contributed by atoms with van der Waals surface area (Å²) in [5, 5.41) is 9.03. The lowest BCUT2D eigenvalue weighted by Gasteiger charge is -2.02. The topological polar surface area (TPSA) is 53.1 Å². The third-order valence-corrected chi connectivity index (χ3v) is 5.63. The molecule has 1 rings (SSSR count). The first-order valence-corrected chi connectivity index (χ1v) is 12.2. The van der Waals surface area contributed by atoms with Gasteiger partial charge in [-0.3, -0.25) is 4.79 Å². The Bertz CT molecular complexity index is 533. The third kappa shape index (κ3) is 14.3. The second-order valence-electron chi connectivity index (χ2n) is 8.37. The summed E-state index contributed by atoms with van der Waals surface area (Å²) in [6, 6.07) is 3.55. The maximum atomic E-state index is 12.0. The van der Waals surface area contributed by atoms with Gasteiger partial charge in [0, 0.05) is 12.1 Å². The third-order valence-electron chi connectivity index (χ3n) is 5.63. The van der Waals surface area contributed by atoms with Crippen LogP contribution in [0.25, 0.3) is 0 Å². The van der Waals surface area contributed by atoms with E-state index in [1.165, 1.54) is 89.9 Å². The standard InChI is InChI=1S/C26H45NO2/c1-2-3-4-5-6-7-8-9-10-11-12-13-14-15-16-17-18-19-20-26(29)25-22-21-24(23-28)27-25/h7-8,21-22,27-28H,2-6,9-20,23H2,1H3/b8-7-. The number of aromatic nitrogens is 1. The van der Waals surface area contributed by atoms with E-state index in [9.17, 15) is 4.79 Å². The number of hydrogen-bond acceptors (Lipinski definition) is 2. The first kappa shape index (κ1) is 25.7. The Labute approximate surface area is 179 Å². The van der Waals surface area contributed by atoms with Crippen LogP contribution in [-0.2, 0) is 6.61 Å². The SMILES string of the molecule is CCCCCC/C=C\CCCCCCCCCCCCC(=O)c1ccc(CO)[nH]1. The number of aliphatic hydroxyl groups excluding tert-OH is 1. The van der Waals surface area contributed by atoms with Gasteiger partial charge in [-0.15, -0.1) is 0 Å². The number of carbonyl (C=O) groups is 1. The van der Waals surface area contributed by atoms with Crippen molar-refractivity contribution < 1.29 is 9.90 Å². The van der Waals surface area contributed by atoms with Crippen LogP contribution in [0.2, 0.25) is 0 Å². The fraction of sp³-hybridized carbons (Fsp3) is 0.731. The summed E-state index contributed by atoms with van der Waals surface area (Å²) in [5.74, 6) is 0.163. The molecule has 0 aromatic carbocycles. The highest BCUT2D eigenvalue weighted by molar-refractivity contribution is 5.94. The molecule has 0 aliphatic heterocycles. The van der Waals surface area contributed by atoms with Gasteiger partial charge in [-0.1, -0.05) is 89.7 Å². The molecular weight excluding hydrogens is 358 g/mol. The molecule has 2 N–H and O–H groups in total. The molecule has 0 spiro atoms. The number of H-pyrrole nitrogens is 1. The number of rotatable bonds is 20. The highest BCUT2D eigenvalue weighted by Gasteiger charge is 2.07. The molecule has 0 saturated heterocycles. The first-order chi connectivity index (χ1) is 14.3. The van der Waals surface area contributed by atoms with Crippen LogP contribution in [-0.4, -0.2) is 15.9 Å². The zero-order valence-corrected chi connectivity index (χ0v) is 18.9. The zero-order chi connectivity index (χ0) is 21.0. The fourth-order valence-corrected chi connectivity index (χ4v) is 3.72. The Hall–Kier alpha value is -1.35. The Morgan fingerprint density at radius 2 is 1.31 bits per heavy atom. The fourth-order valence-electron chi connectivity index (χ4n) is 3.72. The van der Waals surface area contributed by atoms with Gasteiger partial charge in [0.2, 0.25) is 0 Å². The highest BCUT2D eigenvalue weighted by atomic mass is 16.3. The van der Waals surface area contributed by atoms with Crippen LogP contribution < -0.4 is 0 Å². The lowest BCUT2D eigenvalue weighted by molar-refractivity contribution is 0.0974. The van der Waals surface area contributed by atoms with E-state index in [2.05, 4.69) is 24.1 Å².